The van der Waals surface area contributed by atoms with Crippen LogP contribution in [0, 0.1) is 5.92 Å². The van der Waals surface area contributed by atoms with Crippen molar-refractivity contribution >= 4 is 5.97 Å². The Balaban J connectivity index is 1.48. The third kappa shape index (κ3) is 2.22. The van der Waals surface area contributed by atoms with Crippen LogP contribution < -0.4 is 9.47 Å². The average molecular weight is 404 g/mol. The van der Waals surface area contributed by atoms with Crippen LogP contribution in [-0.4, -0.2) is 54.4 Å². The summed E-state index contributed by atoms with van der Waals surface area (Å²) in [5.74, 6) is 1.02. The van der Waals surface area contributed by atoms with E-state index in [-0.39, 0.29) is 11.5 Å². The Bertz CT molecular complexity index is 1080. The second-order valence-corrected chi connectivity index (χ2v) is 9.69. The zero-order valence-electron chi connectivity index (χ0n) is 17.2. The minimum Gasteiger partial charge on any atom is -0.482 e. The molecule has 5 heteroatoms. The smallest absolute Gasteiger partial charge is 0.343 e. The molecular weight excluding hydrogens is 378 g/mol. The fourth-order valence-electron chi connectivity index (χ4n) is 6.41. The summed E-state index contributed by atoms with van der Waals surface area (Å²) in [4.78, 5) is 12.7. The molecule has 2 heterocycles. The molecule has 2 bridgehead atoms. The normalized spacial score (nSPS) is 34.1. The molecule has 2 aliphatic heterocycles. The lowest BCUT2D eigenvalue weighted by molar-refractivity contribution is -0.926. The van der Waals surface area contributed by atoms with Gasteiger partial charge in [0.05, 0.1) is 31.6 Å². The Labute approximate surface area is 176 Å². The van der Waals surface area contributed by atoms with Crippen molar-refractivity contribution in [3.05, 3.63) is 71.3 Å². The fraction of sp³-hybridized carbons (Fsp3) is 0.400. The number of hydrogen-bond acceptors (Lipinski definition) is 4. The molecule has 0 saturated carbocycles. The van der Waals surface area contributed by atoms with E-state index in [4.69, 9.17) is 9.47 Å². The molecule has 0 radical (unpaired) electrons. The summed E-state index contributed by atoms with van der Waals surface area (Å²) >= 11 is 0. The lowest BCUT2D eigenvalue weighted by Gasteiger charge is -2.58. The molecular formula is C25H26NO4+. The molecule has 1 spiro atoms. The first kappa shape index (κ1) is 18.2. The Morgan fingerprint density at radius 1 is 1.17 bits per heavy atom. The van der Waals surface area contributed by atoms with Crippen LogP contribution in [0.1, 0.15) is 27.9 Å². The number of carbonyl (C=O) groups is 1. The maximum Gasteiger partial charge on any atom is 0.343 e. The molecule has 5 atom stereocenters. The number of hydrogen-bond donors (Lipinski definition) is 1. The number of quaternary nitrogens is 1. The second kappa shape index (κ2) is 5.96. The fourth-order valence-corrected chi connectivity index (χ4v) is 6.41. The molecule has 2 aromatic carbocycles. The highest BCUT2D eigenvalue weighted by molar-refractivity contribution is 5.91. The molecule has 154 valence electrons. The van der Waals surface area contributed by atoms with Crippen molar-refractivity contribution in [1.29, 1.82) is 0 Å². The van der Waals surface area contributed by atoms with Gasteiger partial charge in [0, 0.05) is 24.3 Å². The number of aliphatic hydroxyl groups is 1. The number of carbonyl (C=O) groups excluding carboxylic acids is 1. The summed E-state index contributed by atoms with van der Waals surface area (Å²) in [6.07, 6.45) is 5.04. The number of nitrogens with zero attached hydrogens (tertiary/aromatic N) is 1. The molecule has 2 aliphatic carbocycles. The van der Waals surface area contributed by atoms with E-state index in [0.717, 1.165) is 29.4 Å². The standard InChI is InChI=1S/C25H26NO4/c1-26(2)13-12-25-17-9-10-19(27)23(25)30-22-20(11-8-16(21(22)25)14-18(17)26)29-24(28)15-6-4-3-5-7-15/h3-11,17-19,23,27H,12-14H2,1-2H3/q+1/t17-,18+,19-,23-,25-/m0/s1. The van der Waals surface area contributed by atoms with E-state index in [1.165, 1.54) is 5.56 Å². The largest absolute Gasteiger partial charge is 0.482 e. The van der Waals surface area contributed by atoms with Crippen molar-refractivity contribution < 1.29 is 23.9 Å². The molecule has 0 amide bonds. The predicted octanol–water partition coefficient (Wildman–Crippen LogP) is 2.86. The third-order valence-corrected chi connectivity index (χ3v) is 7.90. The summed E-state index contributed by atoms with van der Waals surface area (Å²) in [5, 5.41) is 10.8. The van der Waals surface area contributed by atoms with Crippen molar-refractivity contribution in [2.24, 2.45) is 5.92 Å². The number of piperidine rings is 1. The van der Waals surface area contributed by atoms with Crippen molar-refractivity contribution in [2.45, 2.75) is 36.5 Å². The second-order valence-electron chi connectivity index (χ2n) is 9.69. The monoisotopic (exact) mass is 404 g/mol. The molecule has 1 fully saturated rings. The lowest BCUT2D eigenvalue weighted by Crippen LogP contribution is -2.70. The maximum atomic E-state index is 12.7. The lowest BCUT2D eigenvalue weighted by atomic mass is 9.53. The first-order valence-corrected chi connectivity index (χ1v) is 10.7. The Morgan fingerprint density at radius 3 is 2.77 bits per heavy atom. The van der Waals surface area contributed by atoms with Crippen molar-refractivity contribution in [2.75, 3.05) is 20.6 Å². The first-order chi connectivity index (χ1) is 14.4. The molecule has 30 heavy (non-hydrogen) atoms. The van der Waals surface area contributed by atoms with Crippen LogP contribution in [-0.2, 0) is 11.8 Å². The van der Waals surface area contributed by atoms with Gasteiger partial charge in [0.15, 0.2) is 11.5 Å². The van der Waals surface area contributed by atoms with E-state index in [9.17, 15) is 9.90 Å². The van der Waals surface area contributed by atoms with Crippen molar-refractivity contribution in [3.8, 4) is 11.5 Å². The van der Waals surface area contributed by atoms with Crippen LogP contribution in [0.2, 0.25) is 0 Å². The van der Waals surface area contributed by atoms with Gasteiger partial charge >= 0.3 is 5.97 Å². The molecule has 0 aromatic heterocycles. The van der Waals surface area contributed by atoms with Crippen LogP contribution in [0.3, 0.4) is 0 Å². The number of ether oxygens (including phenoxy) is 2. The van der Waals surface area contributed by atoms with Crippen LogP contribution in [0.25, 0.3) is 0 Å². The highest BCUT2D eigenvalue weighted by Gasteiger charge is 2.67. The maximum absolute atomic E-state index is 12.7. The van der Waals surface area contributed by atoms with E-state index in [1.54, 1.807) is 12.1 Å². The van der Waals surface area contributed by atoms with E-state index in [0.29, 0.717) is 29.0 Å². The van der Waals surface area contributed by atoms with Gasteiger partial charge in [-0.25, -0.2) is 4.79 Å². The Morgan fingerprint density at radius 2 is 1.97 bits per heavy atom. The van der Waals surface area contributed by atoms with E-state index >= 15 is 0 Å². The van der Waals surface area contributed by atoms with Crippen LogP contribution in [0.4, 0.5) is 0 Å². The van der Waals surface area contributed by atoms with Gasteiger partial charge in [0.25, 0.3) is 0 Å². The molecule has 2 aromatic rings. The summed E-state index contributed by atoms with van der Waals surface area (Å²) in [7, 11) is 4.62. The quantitative estimate of drug-likeness (QED) is 0.362. The van der Waals surface area contributed by atoms with Gasteiger partial charge in [-0.15, -0.1) is 0 Å². The molecule has 0 unspecified atom stereocenters. The molecule has 5 nitrogen and oxygen atoms in total. The van der Waals surface area contributed by atoms with Crippen LogP contribution >= 0.6 is 0 Å². The summed E-state index contributed by atoms with van der Waals surface area (Å²) in [6.45, 7) is 1.04. The van der Waals surface area contributed by atoms with E-state index < -0.39 is 12.1 Å². The number of aliphatic hydroxyl groups excluding tert-OH is 1. The zero-order chi connectivity index (χ0) is 20.7. The zero-order valence-corrected chi connectivity index (χ0v) is 17.2. The minimum atomic E-state index is -0.661. The SMILES string of the molecule is C[N+]1(C)CC[C@]23c4c5ccc(OC(=O)c6ccccc6)c4O[C@H]2[C@@H](O)C=C[C@H]3[C@H]1C5. The van der Waals surface area contributed by atoms with Gasteiger partial charge in [-0.05, 0) is 23.8 Å². The number of likely N-dealkylation sites (N-methyl/N-ethyl adjacent to an activating group) is 1. The number of likely N-dealkylation sites (tertiary alicyclic amines) is 1. The summed E-state index contributed by atoms with van der Waals surface area (Å²) in [6, 6.07) is 13.4. The predicted molar refractivity (Wildman–Crippen MR) is 112 cm³/mol. The first-order valence-electron chi connectivity index (χ1n) is 10.7. The topological polar surface area (TPSA) is 55.8 Å². The molecule has 1 saturated heterocycles. The molecule has 1 N–H and O–H groups in total. The number of benzene rings is 2. The van der Waals surface area contributed by atoms with Crippen LogP contribution in [0.5, 0.6) is 11.5 Å². The van der Waals surface area contributed by atoms with Crippen molar-refractivity contribution in [1.82, 2.24) is 0 Å². The molecule has 4 aliphatic rings. The van der Waals surface area contributed by atoms with Gasteiger partial charge in [0.1, 0.15) is 18.2 Å². The minimum absolute atomic E-state index is 0.245. The summed E-state index contributed by atoms with van der Waals surface area (Å²) in [5.41, 5.74) is 2.69. The Hall–Kier alpha value is -2.63. The molecule has 6 rings (SSSR count). The van der Waals surface area contributed by atoms with Gasteiger partial charge < -0.3 is 19.1 Å². The average Bonchev–Trinajstić information content (AvgIpc) is 3.10. The van der Waals surface area contributed by atoms with Crippen molar-refractivity contribution in [3.63, 3.8) is 0 Å². The Kier molecular flexibility index (Phi) is 3.61. The highest BCUT2D eigenvalue weighted by Crippen LogP contribution is 2.63. The van der Waals surface area contributed by atoms with Crippen LogP contribution in [0.15, 0.2) is 54.6 Å². The summed E-state index contributed by atoms with van der Waals surface area (Å²) < 4.78 is 13.2. The number of rotatable bonds is 2. The highest BCUT2D eigenvalue weighted by atomic mass is 16.6. The van der Waals surface area contributed by atoms with E-state index in [1.807, 2.05) is 30.3 Å². The van der Waals surface area contributed by atoms with Gasteiger partial charge in [-0.2, -0.15) is 0 Å². The van der Waals surface area contributed by atoms with E-state index in [2.05, 4.69) is 26.2 Å². The van der Waals surface area contributed by atoms with Gasteiger partial charge in [-0.3, -0.25) is 0 Å². The third-order valence-electron chi connectivity index (χ3n) is 7.90. The number of esters is 1. The van der Waals surface area contributed by atoms with Gasteiger partial charge in [0.2, 0.25) is 0 Å². The van der Waals surface area contributed by atoms with Gasteiger partial charge in [-0.1, -0.05) is 36.4 Å².